The molecule has 0 radical (unpaired) electrons. The van der Waals surface area contributed by atoms with Crippen molar-refractivity contribution >= 4 is 19.8 Å². The summed E-state index contributed by atoms with van der Waals surface area (Å²) in [5.74, 6) is -0.865. The smallest absolute Gasteiger partial charge is 0.462 e. The van der Waals surface area contributed by atoms with Crippen LogP contribution in [-0.2, 0) is 32.7 Å². The van der Waals surface area contributed by atoms with Crippen molar-refractivity contribution in [3.05, 3.63) is 85.1 Å². The fraction of sp³-hybridized carbons (Fsp3) is 0.709. The average molecular weight is 930 g/mol. The van der Waals surface area contributed by atoms with Crippen LogP contribution in [0.5, 0.6) is 0 Å². The third kappa shape index (κ3) is 50.4. The van der Waals surface area contributed by atoms with Crippen molar-refractivity contribution in [1.82, 2.24) is 0 Å². The van der Waals surface area contributed by atoms with E-state index in [0.717, 1.165) is 83.5 Å². The maximum atomic E-state index is 12.7. The molecule has 0 aromatic rings. The maximum Gasteiger partial charge on any atom is 0.472 e. The summed E-state index contributed by atoms with van der Waals surface area (Å²) in [7, 11) is -4.40. The number of carbonyl (C=O) groups is 2. The predicted molar refractivity (Wildman–Crippen MR) is 275 cm³/mol. The van der Waals surface area contributed by atoms with Crippen LogP contribution in [0.4, 0.5) is 0 Å². The highest BCUT2D eigenvalue weighted by atomic mass is 31.2. The molecule has 0 aromatic heterocycles. The van der Waals surface area contributed by atoms with E-state index >= 15 is 0 Å². The van der Waals surface area contributed by atoms with Gasteiger partial charge >= 0.3 is 19.8 Å². The van der Waals surface area contributed by atoms with Crippen LogP contribution in [0, 0.1) is 0 Å². The molecule has 0 aliphatic rings. The molecular weight excluding hydrogens is 834 g/mol. The van der Waals surface area contributed by atoms with Gasteiger partial charge in [-0.05, 0) is 70.6 Å². The first-order valence-corrected chi connectivity index (χ1v) is 27.6. The molecule has 9 nitrogen and oxygen atoms in total. The van der Waals surface area contributed by atoms with Gasteiger partial charge in [-0.1, -0.05) is 221 Å². The fourth-order valence-corrected chi connectivity index (χ4v) is 7.73. The SMILES string of the molecule is CC/C=C\C/C=C\C/C=C\C/C=C\C/C=C\C/C=C\C/C=C\CCCCCC(=O)OC(COC(=O)CCCCCCCCCCCCCCCCCCCCC)COP(=O)(O)OCCN. The molecule has 0 bridgehead atoms. The van der Waals surface area contributed by atoms with Crippen molar-refractivity contribution in [3.8, 4) is 0 Å². The largest absolute Gasteiger partial charge is 0.472 e. The molecule has 3 N–H and O–H groups in total. The van der Waals surface area contributed by atoms with Crippen LogP contribution in [0.1, 0.15) is 219 Å². The molecule has 374 valence electrons. The summed E-state index contributed by atoms with van der Waals surface area (Å²) in [6.45, 7) is 3.60. The molecule has 0 rings (SSSR count). The number of nitrogens with two attached hydrogens (primary N) is 1. The summed E-state index contributed by atoms with van der Waals surface area (Å²) in [5, 5.41) is 0. The van der Waals surface area contributed by atoms with Crippen LogP contribution in [0.15, 0.2) is 85.1 Å². The Balaban J connectivity index is 4.14. The minimum Gasteiger partial charge on any atom is -0.462 e. The van der Waals surface area contributed by atoms with Crippen LogP contribution in [-0.4, -0.2) is 49.3 Å². The third-order valence-corrected chi connectivity index (χ3v) is 11.8. The average Bonchev–Trinajstić information content (AvgIpc) is 3.30. The second-order valence-electron chi connectivity index (χ2n) is 17.0. The van der Waals surface area contributed by atoms with Crippen molar-refractivity contribution in [2.75, 3.05) is 26.4 Å². The molecule has 2 unspecified atom stereocenters. The molecule has 0 aliphatic heterocycles. The van der Waals surface area contributed by atoms with Gasteiger partial charge in [0.2, 0.25) is 0 Å². The normalized spacial score (nSPS) is 13.8. The third-order valence-electron chi connectivity index (χ3n) is 10.8. The zero-order valence-electron chi connectivity index (χ0n) is 41.4. The van der Waals surface area contributed by atoms with Gasteiger partial charge in [0.1, 0.15) is 6.61 Å². The minimum atomic E-state index is -4.40. The van der Waals surface area contributed by atoms with Gasteiger partial charge in [0, 0.05) is 19.4 Å². The highest BCUT2D eigenvalue weighted by Gasteiger charge is 2.26. The van der Waals surface area contributed by atoms with Crippen molar-refractivity contribution in [1.29, 1.82) is 0 Å². The van der Waals surface area contributed by atoms with Gasteiger partial charge in [-0.25, -0.2) is 4.57 Å². The van der Waals surface area contributed by atoms with E-state index in [0.29, 0.717) is 6.42 Å². The lowest BCUT2D eigenvalue weighted by atomic mass is 10.0. The van der Waals surface area contributed by atoms with E-state index in [9.17, 15) is 19.0 Å². The Morgan fingerprint density at radius 2 is 0.846 bits per heavy atom. The molecule has 0 heterocycles. The summed E-state index contributed by atoms with van der Waals surface area (Å²) < 4.78 is 32.9. The Hall–Kier alpha value is -2.81. The van der Waals surface area contributed by atoms with Crippen molar-refractivity contribution in [2.45, 2.75) is 225 Å². The topological polar surface area (TPSA) is 134 Å². The Morgan fingerprint density at radius 3 is 1.26 bits per heavy atom. The summed E-state index contributed by atoms with van der Waals surface area (Å²) in [6.07, 6.45) is 64.8. The highest BCUT2D eigenvalue weighted by Crippen LogP contribution is 2.43. The van der Waals surface area contributed by atoms with Gasteiger partial charge in [-0.2, -0.15) is 0 Å². The van der Waals surface area contributed by atoms with E-state index in [1.54, 1.807) is 0 Å². The molecule has 0 aromatic carbocycles. The van der Waals surface area contributed by atoms with Crippen LogP contribution in [0.25, 0.3) is 0 Å². The number of esters is 2. The van der Waals surface area contributed by atoms with Gasteiger partial charge in [-0.15, -0.1) is 0 Å². The van der Waals surface area contributed by atoms with Gasteiger partial charge in [0.05, 0.1) is 13.2 Å². The Labute approximate surface area is 398 Å². The predicted octanol–water partition coefficient (Wildman–Crippen LogP) is 16.0. The van der Waals surface area contributed by atoms with Gasteiger partial charge in [0.15, 0.2) is 6.10 Å². The van der Waals surface area contributed by atoms with E-state index in [1.807, 2.05) is 0 Å². The lowest BCUT2D eigenvalue weighted by molar-refractivity contribution is -0.161. The summed E-state index contributed by atoms with van der Waals surface area (Å²) >= 11 is 0. The van der Waals surface area contributed by atoms with Crippen molar-refractivity contribution in [2.24, 2.45) is 5.73 Å². The van der Waals surface area contributed by atoms with Crippen LogP contribution < -0.4 is 5.73 Å². The van der Waals surface area contributed by atoms with Crippen LogP contribution >= 0.6 is 7.82 Å². The number of ether oxygens (including phenoxy) is 2. The summed E-state index contributed by atoms with van der Waals surface area (Å²) in [4.78, 5) is 35.1. The number of unbranched alkanes of at least 4 members (excludes halogenated alkanes) is 21. The second kappa shape index (κ2) is 50.6. The first kappa shape index (κ1) is 62.2. The zero-order valence-corrected chi connectivity index (χ0v) is 42.3. The number of phosphoric ester groups is 1. The molecule has 0 saturated carbocycles. The standard InChI is InChI=1S/C55H96NO8P/c1-3-5-7-9-11-13-15-17-19-21-23-24-25-26-27-28-30-32-34-36-38-40-42-44-46-48-55(58)64-53(52-63-65(59,60)62-50-49-56)51-61-54(57)47-45-43-41-39-37-35-33-31-29-22-20-18-16-14-12-10-8-6-4-2/h5,7,11,13,17,19,23-24,26-27,30,32,36,38,53H,3-4,6,8-10,12,14-16,18,20-22,25,28-29,31,33-35,37,39-52,56H2,1-2H3,(H,59,60)/b7-5-,13-11-,19-17-,24-23-,27-26-,32-30-,38-36-. The van der Waals surface area contributed by atoms with E-state index in [4.69, 9.17) is 24.3 Å². The first-order valence-electron chi connectivity index (χ1n) is 26.1. The molecule has 0 saturated heterocycles. The minimum absolute atomic E-state index is 0.0443. The molecule has 0 fully saturated rings. The lowest BCUT2D eigenvalue weighted by Crippen LogP contribution is -2.29. The van der Waals surface area contributed by atoms with E-state index < -0.39 is 32.5 Å². The summed E-state index contributed by atoms with van der Waals surface area (Å²) in [6, 6.07) is 0. The maximum absolute atomic E-state index is 12.7. The van der Waals surface area contributed by atoms with Crippen LogP contribution in [0.2, 0.25) is 0 Å². The molecular formula is C55H96NO8P. The van der Waals surface area contributed by atoms with Gasteiger partial charge < -0.3 is 20.1 Å². The number of phosphoric acid groups is 1. The Kier molecular flexibility index (Phi) is 48.4. The van der Waals surface area contributed by atoms with Gasteiger partial charge in [0.25, 0.3) is 0 Å². The number of carbonyl (C=O) groups excluding carboxylic acids is 2. The molecule has 65 heavy (non-hydrogen) atoms. The first-order chi connectivity index (χ1) is 31.8. The molecule has 10 heteroatoms. The molecule has 2 atom stereocenters. The second-order valence-corrected chi connectivity index (χ2v) is 18.5. The number of allylic oxidation sites excluding steroid dienone is 14. The molecule has 0 aliphatic carbocycles. The summed E-state index contributed by atoms with van der Waals surface area (Å²) in [5.41, 5.74) is 5.37. The van der Waals surface area contributed by atoms with Crippen LogP contribution in [0.3, 0.4) is 0 Å². The van der Waals surface area contributed by atoms with E-state index in [2.05, 4.69) is 98.9 Å². The lowest BCUT2D eigenvalue weighted by Gasteiger charge is -2.19. The van der Waals surface area contributed by atoms with Crippen molar-refractivity contribution in [3.63, 3.8) is 0 Å². The van der Waals surface area contributed by atoms with E-state index in [-0.39, 0.29) is 32.6 Å². The number of hydrogen-bond donors (Lipinski definition) is 2. The Morgan fingerprint density at radius 1 is 0.477 bits per heavy atom. The molecule has 0 amide bonds. The highest BCUT2D eigenvalue weighted by molar-refractivity contribution is 7.47. The quantitative estimate of drug-likeness (QED) is 0.0265. The number of hydrogen-bond acceptors (Lipinski definition) is 8. The fourth-order valence-electron chi connectivity index (χ4n) is 6.97. The van der Waals surface area contributed by atoms with Crippen molar-refractivity contribution < 1.29 is 37.6 Å². The number of rotatable bonds is 48. The monoisotopic (exact) mass is 930 g/mol. The van der Waals surface area contributed by atoms with Gasteiger partial charge in [-0.3, -0.25) is 18.6 Å². The molecule has 0 spiro atoms. The van der Waals surface area contributed by atoms with E-state index in [1.165, 1.54) is 103 Å². The Bertz CT molecular complexity index is 1340. The zero-order chi connectivity index (χ0) is 47.4.